The van der Waals surface area contributed by atoms with Gasteiger partial charge >= 0.3 is 5.97 Å². The summed E-state index contributed by atoms with van der Waals surface area (Å²) in [5.74, 6) is -0.250. The molecule has 2 heteroatoms. The van der Waals surface area contributed by atoms with Crippen LogP contribution in [0.25, 0.3) is 0 Å². The van der Waals surface area contributed by atoms with Crippen molar-refractivity contribution in [3.8, 4) is 0 Å². The minimum absolute atomic E-state index is 0.250. The van der Waals surface area contributed by atoms with Crippen LogP contribution in [0.5, 0.6) is 0 Å². The molecule has 0 atom stereocenters. The van der Waals surface area contributed by atoms with E-state index in [9.17, 15) is 4.79 Å². The third-order valence-electron chi connectivity index (χ3n) is 3.05. The first-order chi connectivity index (χ1) is 9.24. The molecule has 110 valence electrons. The second-order valence-electron chi connectivity index (χ2n) is 4.85. The number of esters is 1. The molecule has 0 aliphatic rings. The second-order valence-corrected chi connectivity index (χ2v) is 4.85. The number of carbonyl (C=O) groups excluding carboxylic acids is 1. The maximum atomic E-state index is 11.2. The van der Waals surface area contributed by atoms with Crippen molar-refractivity contribution in [3.63, 3.8) is 0 Å². The molecule has 0 amide bonds. The zero-order chi connectivity index (χ0) is 14.3. The lowest BCUT2D eigenvalue weighted by Crippen LogP contribution is -1.98. The second kappa shape index (κ2) is 13.4. The van der Waals surface area contributed by atoms with Crippen LogP contribution in [0.4, 0.5) is 0 Å². The topological polar surface area (TPSA) is 26.3 Å². The predicted octanol–water partition coefficient (Wildman–Crippen LogP) is 5.19. The Bertz CT molecular complexity index is 265. The molecule has 2 nitrogen and oxygen atoms in total. The fourth-order valence-corrected chi connectivity index (χ4v) is 1.95. The third kappa shape index (κ3) is 11.8. The van der Waals surface area contributed by atoms with Crippen molar-refractivity contribution in [1.82, 2.24) is 0 Å². The highest BCUT2D eigenvalue weighted by Gasteiger charge is 1.98. The molecule has 0 aliphatic heterocycles. The summed E-state index contributed by atoms with van der Waals surface area (Å²) >= 11 is 0. The van der Waals surface area contributed by atoms with Gasteiger partial charge in [0.1, 0.15) is 0 Å². The van der Waals surface area contributed by atoms with Crippen LogP contribution in [0.1, 0.15) is 72.1 Å². The minimum Gasteiger partial charge on any atom is -0.463 e. The summed E-state index contributed by atoms with van der Waals surface area (Å²) < 4.78 is 4.87. The van der Waals surface area contributed by atoms with Gasteiger partial charge in [-0.05, 0) is 32.6 Å². The molecule has 0 fully saturated rings. The van der Waals surface area contributed by atoms with Gasteiger partial charge in [0.2, 0.25) is 0 Å². The predicted molar refractivity (Wildman–Crippen MR) is 82.1 cm³/mol. The molecule has 0 aromatic heterocycles. The standard InChI is InChI=1S/C17H30O2/c1-4-7-9-12-16(13-10-8-5-2)14-11-15-17(18)19-6-3/h11,14-15H,4-10,12-13H2,1-3H3. The molecular weight excluding hydrogens is 236 g/mol. The lowest BCUT2D eigenvalue weighted by molar-refractivity contribution is -0.137. The van der Waals surface area contributed by atoms with Gasteiger partial charge < -0.3 is 4.74 Å². The van der Waals surface area contributed by atoms with Crippen molar-refractivity contribution in [2.45, 2.75) is 72.1 Å². The highest BCUT2D eigenvalue weighted by atomic mass is 16.5. The monoisotopic (exact) mass is 266 g/mol. The van der Waals surface area contributed by atoms with Crippen LogP contribution < -0.4 is 0 Å². The van der Waals surface area contributed by atoms with Gasteiger partial charge in [-0.15, -0.1) is 0 Å². The summed E-state index contributed by atoms with van der Waals surface area (Å²) in [5, 5.41) is 0. The summed E-state index contributed by atoms with van der Waals surface area (Å²) in [5.41, 5.74) is 1.46. The van der Waals surface area contributed by atoms with Crippen LogP contribution in [0, 0.1) is 0 Å². The Kier molecular flexibility index (Phi) is 12.6. The highest BCUT2D eigenvalue weighted by molar-refractivity contribution is 5.82. The van der Waals surface area contributed by atoms with Gasteiger partial charge in [0.25, 0.3) is 0 Å². The van der Waals surface area contributed by atoms with Crippen LogP contribution in [0.2, 0.25) is 0 Å². The first-order valence-electron chi connectivity index (χ1n) is 7.77. The van der Waals surface area contributed by atoms with E-state index in [1.807, 2.05) is 13.0 Å². The van der Waals surface area contributed by atoms with Gasteiger partial charge in [-0.2, -0.15) is 0 Å². The smallest absolute Gasteiger partial charge is 0.330 e. The molecule has 0 spiro atoms. The summed E-state index contributed by atoms with van der Waals surface area (Å²) in [6.07, 6.45) is 15.3. The van der Waals surface area contributed by atoms with E-state index < -0.39 is 0 Å². The minimum atomic E-state index is -0.250. The van der Waals surface area contributed by atoms with E-state index in [0.717, 1.165) is 12.8 Å². The summed E-state index contributed by atoms with van der Waals surface area (Å²) in [7, 11) is 0. The number of allylic oxidation sites excluding steroid dienone is 3. The largest absolute Gasteiger partial charge is 0.463 e. The van der Waals surface area contributed by atoms with Crippen LogP contribution in [0.3, 0.4) is 0 Å². The van der Waals surface area contributed by atoms with Crippen molar-refractivity contribution >= 4 is 5.97 Å². The molecule has 0 saturated heterocycles. The van der Waals surface area contributed by atoms with Crippen LogP contribution in [0.15, 0.2) is 23.8 Å². The summed E-state index contributed by atoms with van der Waals surface area (Å²) in [4.78, 5) is 11.2. The average molecular weight is 266 g/mol. The first-order valence-corrected chi connectivity index (χ1v) is 7.77. The van der Waals surface area contributed by atoms with Gasteiger partial charge in [-0.1, -0.05) is 57.3 Å². The van der Waals surface area contributed by atoms with E-state index in [4.69, 9.17) is 4.74 Å². The molecule has 0 unspecified atom stereocenters. The quantitative estimate of drug-likeness (QED) is 0.222. The molecule has 0 aromatic rings. The Morgan fingerprint density at radius 2 is 1.53 bits per heavy atom. The van der Waals surface area contributed by atoms with Crippen molar-refractivity contribution in [2.24, 2.45) is 0 Å². The lowest BCUT2D eigenvalue weighted by atomic mass is 10.0. The van der Waals surface area contributed by atoms with Gasteiger partial charge in [0.05, 0.1) is 6.61 Å². The fraction of sp³-hybridized carbons (Fsp3) is 0.706. The van der Waals surface area contributed by atoms with Crippen LogP contribution in [-0.2, 0) is 9.53 Å². The van der Waals surface area contributed by atoms with Gasteiger partial charge in [0, 0.05) is 6.08 Å². The zero-order valence-electron chi connectivity index (χ0n) is 12.9. The fourth-order valence-electron chi connectivity index (χ4n) is 1.95. The Labute approximate surface area is 118 Å². The molecule has 19 heavy (non-hydrogen) atoms. The lowest BCUT2D eigenvalue weighted by Gasteiger charge is -2.06. The highest BCUT2D eigenvalue weighted by Crippen LogP contribution is 2.16. The van der Waals surface area contributed by atoms with E-state index in [2.05, 4.69) is 19.9 Å². The maximum Gasteiger partial charge on any atom is 0.330 e. The molecule has 0 bridgehead atoms. The molecule has 0 saturated carbocycles. The Morgan fingerprint density at radius 1 is 0.947 bits per heavy atom. The Balaban J connectivity index is 4.22. The van der Waals surface area contributed by atoms with Gasteiger partial charge in [0.15, 0.2) is 0 Å². The summed E-state index contributed by atoms with van der Waals surface area (Å²) in [6, 6.07) is 0. The molecule has 0 radical (unpaired) electrons. The summed E-state index contributed by atoms with van der Waals surface area (Å²) in [6.45, 7) is 6.71. The van der Waals surface area contributed by atoms with Crippen LogP contribution in [-0.4, -0.2) is 12.6 Å². The first kappa shape index (κ1) is 17.9. The SMILES string of the molecule is CCCCCC(=CC=CC(=O)OCC)CCCCC. The van der Waals surface area contributed by atoms with Gasteiger partial charge in [-0.3, -0.25) is 0 Å². The van der Waals surface area contributed by atoms with E-state index in [1.165, 1.54) is 50.2 Å². The van der Waals surface area contributed by atoms with Crippen molar-refractivity contribution in [2.75, 3.05) is 6.61 Å². The van der Waals surface area contributed by atoms with Crippen molar-refractivity contribution in [3.05, 3.63) is 23.8 Å². The van der Waals surface area contributed by atoms with E-state index in [-0.39, 0.29) is 5.97 Å². The molecule has 0 rings (SSSR count). The Morgan fingerprint density at radius 3 is 2.00 bits per heavy atom. The van der Waals surface area contributed by atoms with Crippen molar-refractivity contribution < 1.29 is 9.53 Å². The maximum absolute atomic E-state index is 11.2. The molecular formula is C17H30O2. The number of carbonyl (C=O) groups is 1. The molecule has 0 heterocycles. The number of hydrogen-bond donors (Lipinski definition) is 0. The number of hydrogen-bond acceptors (Lipinski definition) is 2. The van der Waals surface area contributed by atoms with Crippen molar-refractivity contribution in [1.29, 1.82) is 0 Å². The van der Waals surface area contributed by atoms with Gasteiger partial charge in [-0.25, -0.2) is 4.79 Å². The van der Waals surface area contributed by atoms with E-state index in [1.54, 1.807) is 0 Å². The number of ether oxygens (including phenoxy) is 1. The van der Waals surface area contributed by atoms with E-state index in [0.29, 0.717) is 6.61 Å². The third-order valence-corrected chi connectivity index (χ3v) is 3.05. The van der Waals surface area contributed by atoms with E-state index >= 15 is 0 Å². The zero-order valence-corrected chi connectivity index (χ0v) is 12.9. The average Bonchev–Trinajstić information content (AvgIpc) is 2.39. The molecule has 0 aliphatic carbocycles. The normalized spacial score (nSPS) is 10.7. The van der Waals surface area contributed by atoms with Crippen LogP contribution >= 0.6 is 0 Å². The Hall–Kier alpha value is -1.05. The number of rotatable bonds is 11. The molecule has 0 aromatic carbocycles. The molecule has 0 N–H and O–H groups in total. The number of unbranched alkanes of at least 4 members (excludes halogenated alkanes) is 4.